The molecule has 3 N–H and O–H groups in total. The Hall–Kier alpha value is -4.53. The van der Waals surface area contributed by atoms with E-state index in [9.17, 15) is 14.4 Å². The van der Waals surface area contributed by atoms with Crippen molar-refractivity contribution in [3.8, 4) is 11.5 Å². The number of anilines is 3. The summed E-state index contributed by atoms with van der Waals surface area (Å²) >= 11 is 0. The number of benzene rings is 3. The molecule has 0 spiro atoms. The largest absolute Gasteiger partial charge is 0.454 e. The van der Waals surface area contributed by atoms with Crippen molar-refractivity contribution in [2.24, 2.45) is 0 Å². The summed E-state index contributed by atoms with van der Waals surface area (Å²) in [6, 6.07) is 19.7. The third-order valence-corrected chi connectivity index (χ3v) is 4.40. The van der Waals surface area contributed by atoms with E-state index in [0.29, 0.717) is 28.6 Å². The summed E-state index contributed by atoms with van der Waals surface area (Å²) in [5, 5.41) is 7.98. The van der Waals surface area contributed by atoms with Gasteiger partial charge >= 0.3 is 12.0 Å². The molecule has 0 aromatic heterocycles. The van der Waals surface area contributed by atoms with Crippen molar-refractivity contribution in [1.29, 1.82) is 0 Å². The zero-order valence-electron chi connectivity index (χ0n) is 16.8. The third-order valence-electron chi connectivity index (χ3n) is 4.40. The normalized spacial score (nSPS) is 11.4. The lowest BCUT2D eigenvalue weighted by atomic mass is 10.2. The Labute approximate surface area is 183 Å². The second-order valence-electron chi connectivity index (χ2n) is 6.71. The highest BCUT2D eigenvalue weighted by Crippen LogP contribution is 2.34. The second kappa shape index (κ2) is 9.52. The first-order valence-electron chi connectivity index (χ1n) is 9.66. The lowest BCUT2D eigenvalue weighted by Crippen LogP contribution is -2.21. The molecule has 0 saturated heterocycles. The minimum absolute atomic E-state index is 0.135. The maximum atomic E-state index is 12.2. The van der Waals surface area contributed by atoms with Crippen molar-refractivity contribution in [2.45, 2.75) is 0 Å². The monoisotopic (exact) mass is 433 g/mol. The average molecular weight is 433 g/mol. The number of para-hydroxylation sites is 1. The molecule has 0 saturated carbocycles. The Morgan fingerprint density at radius 2 is 1.41 bits per heavy atom. The molecule has 4 rings (SSSR count). The molecule has 1 aliphatic heterocycles. The van der Waals surface area contributed by atoms with Gasteiger partial charge in [0.2, 0.25) is 6.79 Å². The minimum Gasteiger partial charge on any atom is -0.454 e. The number of hydrogen-bond donors (Lipinski definition) is 3. The molecule has 3 aromatic carbocycles. The van der Waals surface area contributed by atoms with Gasteiger partial charge in [0.15, 0.2) is 18.1 Å². The van der Waals surface area contributed by atoms with Crippen molar-refractivity contribution in [3.05, 3.63) is 78.4 Å². The van der Waals surface area contributed by atoms with Crippen LogP contribution in [0.15, 0.2) is 72.8 Å². The molecule has 0 aliphatic carbocycles. The van der Waals surface area contributed by atoms with Gasteiger partial charge < -0.3 is 30.2 Å². The summed E-state index contributed by atoms with van der Waals surface area (Å²) in [5.41, 5.74) is 1.90. The first-order chi connectivity index (χ1) is 15.6. The highest BCUT2D eigenvalue weighted by molar-refractivity contribution is 6.00. The number of urea groups is 1. The van der Waals surface area contributed by atoms with Crippen LogP contribution in [-0.2, 0) is 9.53 Å². The molecule has 1 heterocycles. The summed E-state index contributed by atoms with van der Waals surface area (Å²) in [6.45, 7) is -0.316. The topological polar surface area (TPSA) is 115 Å². The quantitative estimate of drug-likeness (QED) is 0.509. The predicted octanol–water partition coefficient (Wildman–Crippen LogP) is 3.85. The maximum absolute atomic E-state index is 12.2. The van der Waals surface area contributed by atoms with Gasteiger partial charge in [-0.15, -0.1) is 0 Å². The van der Waals surface area contributed by atoms with Crippen LogP contribution in [0.2, 0.25) is 0 Å². The number of rotatable bonds is 6. The fraction of sp³-hybridized carbons (Fsp3) is 0.0870. The van der Waals surface area contributed by atoms with Gasteiger partial charge in [-0.1, -0.05) is 18.2 Å². The molecule has 0 atom stereocenters. The molecule has 32 heavy (non-hydrogen) atoms. The Bertz CT molecular complexity index is 1130. The van der Waals surface area contributed by atoms with Crippen LogP contribution in [0.5, 0.6) is 11.5 Å². The number of esters is 1. The SMILES string of the molecule is O=C(COC(=O)c1ccc(NC(=O)Nc2ccccc2)cc1)Nc1ccc2c(c1)OCO2. The van der Waals surface area contributed by atoms with Gasteiger partial charge in [-0.05, 0) is 48.5 Å². The van der Waals surface area contributed by atoms with Crippen molar-refractivity contribution in [2.75, 3.05) is 29.4 Å². The summed E-state index contributed by atoms with van der Waals surface area (Å²) in [5.74, 6) is -0.0185. The van der Waals surface area contributed by atoms with Crippen molar-refractivity contribution < 1.29 is 28.6 Å². The zero-order chi connectivity index (χ0) is 22.3. The van der Waals surface area contributed by atoms with E-state index in [2.05, 4.69) is 16.0 Å². The first kappa shape index (κ1) is 20.7. The van der Waals surface area contributed by atoms with E-state index in [1.807, 2.05) is 18.2 Å². The Morgan fingerprint density at radius 1 is 0.750 bits per heavy atom. The average Bonchev–Trinajstić information content (AvgIpc) is 3.26. The van der Waals surface area contributed by atoms with Gasteiger partial charge in [0, 0.05) is 23.1 Å². The van der Waals surface area contributed by atoms with E-state index in [1.165, 1.54) is 12.1 Å². The zero-order valence-corrected chi connectivity index (χ0v) is 16.8. The molecule has 3 amide bonds. The van der Waals surface area contributed by atoms with Gasteiger partial charge in [-0.2, -0.15) is 0 Å². The lowest BCUT2D eigenvalue weighted by Gasteiger charge is -2.09. The predicted molar refractivity (Wildman–Crippen MR) is 117 cm³/mol. The molecule has 0 fully saturated rings. The van der Waals surface area contributed by atoms with Crippen LogP contribution in [0.4, 0.5) is 21.9 Å². The van der Waals surface area contributed by atoms with Crippen LogP contribution >= 0.6 is 0 Å². The molecule has 162 valence electrons. The molecule has 9 nitrogen and oxygen atoms in total. The highest BCUT2D eigenvalue weighted by Gasteiger charge is 2.15. The van der Waals surface area contributed by atoms with Crippen LogP contribution in [0, 0.1) is 0 Å². The van der Waals surface area contributed by atoms with Gasteiger partial charge in [-0.25, -0.2) is 9.59 Å². The highest BCUT2D eigenvalue weighted by atomic mass is 16.7. The molecule has 0 bridgehead atoms. The van der Waals surface area contributed by atoms with E-state index < -0.39 is 24.5 Å². The molecular formula is C23H19N3O6. The minimum atomic E-state index is -0.661. The smallest absolute Gasteiger partial charge is 0.338 e. The Kier molecular flexibility index (Phi) is 6.17. The third kappa shape index (κ3) is 5.33. The van der Waals surface area contributed by atoms with Crippen molar-refractivity contribution >= 4 is 35.0 Å². The summed E-state index contributed by atoms with van der Waals surface area (Å²) in [7, 11) is 0. The van der Waals surface area contributed by atoms with Crippen molar-refractivity contribution in [1.82, 2.24) is 0 Å². The lowest BCUT2D eigenvalue weighted by molar-refractivity contribution is -0.119. The molecule has 9 heteroatoms. The fourth-order valence-corrected chi connectivity index (χ4v) is 2.89. The maximum Gasteiger partial charge on any atom is 0.338 e. The van der Waals surface area contributed by atoms with E-state index in [0.717, 1.165) is 0 Å². The van der Waals surface area contributed by atoms with E-state index in [-0.39, 0.29) is 12.4 Å². The van der Waals surface area contributed by atoms with Crippen LogP contribution in [0.25, 0.3) is 0 Å². The number of amides is 3. The van der Waals surface area contributed by atoms with E-state index in [4.69, 9.17) is 14.2 Å². The molecular weight excluding hydrogens is 414 g/mol. The number of hydrogen-bond acceptors (Lipinski definition) is 6. The van der Waals surface area contributed by atoms with E-state index >= 15 is 0 Å². The summed E-state index contributed by atoms with van der Waals surface area (Å²) in [6.07, 6.45) is 0. The number of nitrogens with one attached hydrogen (secondary N) is 3. The number of ether oxygens (including phenoxy) is 3. The van der Waals surface area contributed by atoms with Gasteiger partial charge in [0.25, 0.3) is 5.91 Å². The summed E-state index contributed by atoms with van der Waals surface area (Å²) in [4.78, 5) is 36.3. The van der Waals surface area contributed by atoms with E-state index in [1.54, 1.807) is 42.5 Å². The number of carbonyl (C=O) groups excluding carboxylic acids is 3. The van der Waals surface area contributed by atoms with Gasteiger partial charge in [0.05, 0.1) is 5.56 Å². The first-order valence-corrected chi connectivity index (χ1v) is 9.66. The van der Waals surface area contributed by atoms with Gasteiger partial charge in [-0.3, -0.25) is 4.79 Å². The molecule has 0 unspecified atom stereocenters. The second-order valence-corrected chi connectivity index (χ2v) is 6.71. The molecule has 1 aliphatic rings. The van der Waals surface area contributed by atoms with Crippen LogP contribution in [0.1, 0.15) is 10.4 Å². The van der Waals surface area contributed by atoms with Crippen molar-refractivity contribution in [3.63, 3.8) is 0 Å². The Balaban J connectivity index is 1.24. The molecule has 0 radical (unpaired) electrons. The van der Waals surface area contributed by atoms with Gasteiger partial charge in [0.1, 0.15) is 0 Å². The number of carbonyl (C=O) groups is 3. The number of fused-ring (bicyclic) bond motifs is 1. The fourth-order valence-electron chi connectivity index (χ4n) is 2.89. The summed E-state index contributed by atoms with van der Waals surface area (Å²) < 4.78 is 15.5. The Morgan fingerprint density at radius 3 is 2.16 bits per heavy atom. The van der Waals surface area contributed by atoms with Crippen LogP contribution in [-0.4, -0.2) is 31.3 Å². The van der Waals surface area contributed by atoms with Crippen LogP contribution in [0.3, 0.4) is 0 Å². The van der Waals surface area contributed by atoms with Crippen LogP contribution < -0.4 is 25.4 Å². The molecule has 3 aromatic rings. The standard InChI is InChI=1S/C23H19N3O6/c27-21(24-18-10-11-19-20(12-18)32-14-31-19)13-30-22(28)15-6-8-17(9-7-15)26-23(29)25-16-4-2-1-3-5-16/h1-12H,13-14H2,(H,24,27)(H2,25,26,29).